The minimum absolute atomic E-state index is 0.182. The first-order chi connectivity index (χ1) is 13.5. The van der Waals surface area contributed by atoms with Crippen LogP contribution < -0.4 is 16.2 Å². The lowest BCUT2D eigenvalue weighted by Gasteiger charge is -2.31. The number of aromatic nitrogens is 1. The van der Waals surface area contributed by atoms with Gasteiger partial charge in [0.05, 0.1) is 6.10 Å². The maximum Gasteiger partial charge on any atom is 0.252 e. The molecular formula is C21H26BrN3O3. The molecule has 3 N–H and O–H groups in total. The van der Waals surface area contributed by atoms with Crippen molar-refractivity contribution in [2.75, 3.05) is 11.9 Å². The lowest BCUT2D eigenvalue weighted by molar-refractivity contribution is 0.00924. The number of nitrogens with one attached hydrogen (secondary N) is 3. The molecule has 1 aliphatic heterocycles. The lowest BCUT2D eigenvalue weighted by Crippen LogP contribution is -2.34. The number of amides is 1. The predicted molar refractivity (Wildman–Crippen MR) is 114 cm³/mol. The number of halogens is 1. The van der Waals surface area contributed by atoms with Crippen molar-refractivity contribution in [2.24, 2.45) is 0 Å². The summed E-state index contributed by atoms with van der Waals surface area (Å²) in [7, 11) is 0. The summed E-state index contributed by atoms with van der Waals surface area (Å²) in [6.07, 6.45) is 4.76. The van der Waals surface area contributed by atoms with Crippen LogP contribution in [0.25, 0.3) is 0 Å². The summed E-state index contributed by atoms with van der Waals surface area (Å²) in [6.45, 7) is 5.01. The Morgan fingerprint density at radius 1 is 1.39 bits per heavy atom. The third kappa shape index (κ3) is 5.02. The summed E-state index contributed by atoms with van der Waals surface area (Å²) < 4.78 is 6.59. The lowest BCUT2D eigenvalue weighted by atomic mass is 9.99. The van der Waals surface area contributed by atoms with Crippen LogP contribution in [0.15, 0.2) is 39.7 Å². The zero-order chi connectivity index (χ0) is 20.1. The third-order valence-corrected chi connectivity index (χ3v) is 5.60. The van der Waals surface area contributed by atoms with E-state index in [0.717, 1.165) is 41.6 Å². The Bertz CT molecular complexity index is 897. The molecule has 1 amide bonds. The van der Waals surface area contributed by atoms with Crippen molar-refractivity contribution in [1.29, 1.82) is 0 Å². The number of carbonyl (C=O) groups excluding carboxylic acids is 1. The number of hydrogen-bond donors (Lipinski definition) is 3. The summed E-state index contributed by atoms with van der Waals surface area (Å²) in [4.78, 5) is 27.1. The van der Waals surface area contributed by atoms with Crippen LogP contribution in [0.3, 0.4) is 0 Å². The molecule has 6 nitrogen and oxygen atoms in total. The molecule has 1 saturated heterocycles. The molecule has 1 fully saturated rings. The van der Waals surface area contributed by atoms with Gasteiger partial charge in [0.2, 0.25) is 0 Å². The number of aromatic amines is 1. The minimum atomic E-state index is -0.205. The highest BCUT2D eigenvalue weighted by atomic mass is 79.9. The van der Waals surface area contributed by atoms with Gasteiger partial charge in [-0.15, -0.1) is 0 Å². The predicted octanol–water partition coefficient (Wildman–Crippen LogP) is 3.75. The Labute approximate surface area is 173 Å². The number of rotatable bonds is 6. The van der Waals surface area contributed by atoms with Gasteiger partial charge in [-0.1, -0.05) is 28.9 Å². The van der Waals surface area contributed by atoms with E-state index in [1.165, 1.54) is 0 Å². The van der Waals surface area contributed by atoms with Crippen LogP contribution in [0.1, 0.15) is 47.7 Å². The van der Waals surface area contributed by atoms with Crippen molar-refractivity contribution in [3.63, 3.8) is 0 Å². The zero-order valence-electron chi connectivity index (χ0n) is 16.2. The molecule has 150 valence electrons. The fraction of sp³-hybridized carbons (Fsp3) is 0.429. The average Bonchev–Trinajstić information content (AvgIpc) is 2.69. The SMILES string of the molecule is CCC1CC(Nc2cc(Br)cc(C(=O)NCc3ccc[nH]c3=O)c2C)CCO1. The second kappa shape index (κ2) is 9.39. The van der Waals surface area contributed by atoms with Gasteiger partial charge in [-0.2, -0.15) is 0 Å². The van der Waals surface area contributed by atoms with E-state index in [4.69, 9.17) is 4.74 Å². The van der Waals surface area contributed by atoms with Crippen molar-refractivity contribution >= 4 is 27.5 Å². The molecule has 28 heavy (non-hydrogen) atoms. The monoisotopic (exact) mass is 447 g/mol. The molecule has 1 aliphatic rings. The summed E-state index contributed by atoms with van der Waals surface area (Å²) in [5.41, 5.74) is 2.75. The molecule has 1 aromatic carbocycles. The van der Waals surface area contributed by atoms with Crippen LogP contribution in [0.5, 0.6) is 0 Å². The van der Waals surface area contributed by atoms with Crippen molar-refractivity contribution in [1.82, 2.24) is 10.3 Å². The maximum absolute atomic E-state index is 12.8. The van der Waals surface area contributed by atoms with Crippen LogP contribution >= 0.6 is 15.9 Å². The molecule has 0 spiro atoms. The molecule has 0 radical (unpaired) electrons. The first kappa shape index (κ1) is 20.6. The van der Waals surface area contributed by atoms with Crippen LogP contribution in [-0.2, 0) is 11.3 Å². The summed E-state index contributed by atoms with van der Waals surface area (Å²) in [6, 6.07) is 7.58. The van der Waals surface area contributed by atoms with Crippen LogP contribution in [-0.4, -0.2) is 29.6 Å². The van der Waals surface area contributed by atoms with Crippen LogP contribution in [0.4, 0.5) is 5.69 Å². The minimum Gasteiger partial charge on any atom is -0.382 e. The van der Waals surface area contributed by atoms with E-state index in [-0.39, 0.29) is 24.1 Å². The number of hydrogen-bond acceptors (Lipinski definition) is 4. The molecule has 7 heteroatoms. The topological polar surface area (TPSA) is 83.2 Å². The van der Waals surface area contributed by atoms with E-state index in [1.54, 1.807) is 18.3 Å². The van der Waals surface area contributed by atoms with Gasteiger partial charge in [-0.25, -0.2) is 0 Å². The Hall–Kier alpha value is -2.12. The number of ether oxygens (including phenoxy) is 1. The van der Waals surface area contributed by atoms with E-state index in [2.05, 4.69) is 38.5 Å². The van der Waals surface area contributed by atoms with Gasteiger partial charge in [0, 0.05) is 46.7 Å². The largest absolute Gasteiger partial charge is 0.382 e. The second-order valence-electron chi connectivity index (χ2n) is 7.10. The van der Waals surface area contributed by atoms with Gasteiger partial charge >= 0.3 is 0 Å². The van der Waals surface area contributed by atoms with Gasteiger partial charge in [0.15, 0.2) is 0 Å². The Morgan fingerprint density at radius 2 is 2.21 bits per heavy atom. The fourth-order valence-corrected chi connectivity index (χ4v) is 3.90. The molecule has 2 atom stereocenters. The quantitative estimate of drug-likeness (QED) is 0.629. The van der Waals surface area contributed by atoms with Crippen molar-refractivity contribution in [3.05, 3.63) is 62.0 Å². The van der Waals surface area contributed by atoms with Crippen LogP contribution in [0, 0.1) is 6.92 Å². The number of pyridine rings is 1. The standard InChI is InChI=1S/C21H26BrN3O3/c1-3-17-11-16(6-8-28-17)25-19-10-15(22)9-18(13(19)2)21(27)24-12-14-5-4-7-23-20(14)26/h4-5,7,9-10,16-17,25H,3,6,8,11-12H2,1-2H3,(H,23,26)(H,24,27). The number of carbonyl (C=O) groups is 1. The summed E-state index contributed by atoms with van der Waals surface area (Å²) >= 11 is 3.51. The molecular weight excluding hydrogens is 422 g/mol. The summed E-state index contributed by atoms with van der Waals surface area (Å²) in [5, 5.41) is 6.43. The normalized spacial score (nSPS) is 19.2. The van der Waals surface area contributed by atoms with E-state index in [1.807, 2.05) is 19.1 Å². The number of benzene rings is 1. The van der Waals surface area contributed by atoms with Crippen molar-refractivity contribution in [2.45, 2.75) is 51.8 Å². The smallest absolute Gasteiger partial charge is 0.252 e. The third-order valence-electron chi connectivity index (χ3n) is 5.14. The molecule has 2 unspecified atom stereocenters. The van der Waals surface area contributed by atoms with E-state index in [0.29, 0.717) is 17.2 Å². The summed E-state index contributed by atoms with van der Waals surface area (Å²) in [5.74, 6) is -0.205. The highest BCUT2D eigenvalue weighted by Gasteiger charge is 2.22. The van der Waals surface area contributed by atoms with Crippen molar-refractivity contribution < 1.29 is 9.53 Å². The molecule has 0 aliphatic carbocycles. The van der Waals surface area contributed by atoms with Crippen molar-refractivity contribution in [3.8, 4) is 0 Å². The number of H-pyrrole nitrogens is 1. The van der Waals surface area contributed by atoms with E-state index < -0.39 is 0 Å². The Morgan fingerprint density at radius 3 is 2.96 bits per heavy atom. The Balaban J connectivity index is 1.73. The fourth-order valence-electron chi connectivity index (χ4n) is 3.45. The average molecular weight is 448 g/mol. The number of anilines is 1. The molecule has 2 aromatic rings. The zero-order valence-corrected chi connectivity index (χ0v) is 17.8. The maximum atomic E-state index is 12.8. The highest BCUT2D eigenvalue weighted by molar-refractivity contribution is 9.10. The van der Waals surface area contributed by atoms with Gasteiger partial charge in [-0.3, -0.25) is 9.59 Å². The molecule has 3 rings (SSSR count). The van der Waals surface area contributed by atoms with E-state index in [9.17, 15) is 9.59 Å². The van der Waals surface area contributed by atoms with Gasteiger partial charge in [0.25, 0.3) is 11.5 Å². The molecule has 1 aromatic heterocycles. The van der Waals surface area contributed by atoms with E-state index >= 15 is 0 Å². The Kier molecular flexibility index (Phi) is 6.91. The first-order valence-corrected chi connectivity index (χ1v) is 10.4. The van der Waals surface area contributed by atoms with Gasteiger partial charge < -0.3 is 20.4 Å². The van der Waals surface area contributed by atoms with Gasteiger partial charge in [-0.05, 0) is 49.9 Å². The first-order valence-electron chi connectivity index (χ1n) is 9.61. The molecule has 0 saturated carbocycles. The van der Waals surface area contributed by atoms with Gasteiger partial charge in [0.1, 0.15) is 0 Å². The van der Waals surface area contributed by atoms with Crippen LogP contribution in [0.2, 0.25) is 0 Å². The highest BCUT2D eigenvalue weighted by Crippen LogP contribution is 2.28. The second-order valence-corrected chi connectivity index (χ2v) is 8.02. The molecule has 2 heterocycles. The molecule has 0 bridgehead atoms.